The maximum absolute atomic E-state index is 9.30. The number of carbonyl (C=O) groups is 1. The molecule has 0 aliphatic carbocycles. The van der Waals surface area contributed by atoms with E-state index >= 15 is 0 Å². The highest BCUT2D eigenvalue weighted by Gasteiger charge is 1.73. The van der Waals surface area contributed by atoms with Crippen molar-refractivity contribution >= 4 is 6.47 Å². The van der Waals surface area contributed by atoms with E-state index in [1.807, 2.05) is 0 Å². The third-order valence-corrected chi connectivity index (χ3v) is 0.293. The average Bonchev–Trinajstić information content (AvgIpc) is 1.69. The molecule has 3 nitrogen and oxygen atoms in total. The first kappa shape index (κ1) is 6.17. The van der Waals surface area contributed by atoms with Crippen LogP contribution in [0.15, 0.2) is 12.7 Å². The van der Waals surface area contributed by atoms with Crippen molar-refractivity contribution in [3.05, 3.63) is 12.7 Å². The summed E-state index contributed by atoms with van der Waals surface area (Å²) >= 11 is 0. The van der Waals surface area contributed by atoms with Gasteiger partial charge in [-0.2, -0.15) is 4.89 Å². The quantitative estimate of drug-likeness (QED) is 0.168. The van der Waals surface area contributed by atoms with Crippen molar-refractivity contribution in [2.45, 2.75) is 0 Å². The summed E-state index contributed by atoms with van der Waals surface area (Å²) in [5.41, 5.74) is 0. The van der Waals surface area contributed by atoms with Crippen molar-refractivity contribution in [2.75, 3.05) is 6.61 Å². The molecule has 0 aromatic carbocycles. The van der Waals surface area contributed by atoms with Gasteiger partial charge >= 0.3 is 6.47 Å². The van der Waals surface area contributed by atoms with E-state index in [2.05, 4.69) is 16.4 Å². The highest BCUT2D eigenvalue weighted by Crippen LogP contribution is 1.70. The molecule has 0 N–H and O–H groups in total. The van der Waals surface area contributed by atoms with Crippen molar-refractivity contribution < 1.29 is 14.6 Å². The summed E-state index contributed by atoms with van der Waals surface area (Å²) in [6, 6.07) is 0. The van der Waals surface area contributed by atoms with E-state index in [0.29, 0.717) is 0 Å². The molecule has 0 aliphatic heterocycles. The lowest BCUT2D eigenvalue weighted by Crippen LogP contribution is -1.89. The first-order chi connectivity index (χ1) is 3.41. The molecule has 0 aromatic rings. The van der Waals surface area contributed by atoms with Crippen LogP contribution in [0.1, 0.15) is 0 Å². The van der Waals surface area contributed by atoms with Crippen LogP contribution < -0.4 is 0 Å². The number of hydrogen-bond donors (Lipinski definition) is 0. The predicted octanol–water partition coefficient (Wildman–Crippen LogP) is 0.277. The van der Waals surface area contributed by atoms with Crippen LogP contribution in [0.3, 0.4) is 0 Å². The van der Waals surface area contributed by atoms with Crippen LogP contribution in [-0.2, 0) is 14.6 Å². The molecule has 0 aliphatic rings. The van der Waals surface area contributed by atoms with Gasteiger partial charge in [0.15, 0.2) is 0 Å². The minimum atomic E-state index is 0.212. The zero-order valence-electron chi connectivity index (χ0n) is 3.79. The zero-order valence-corrected chi connectivity index (χ0v) is 3.79. The van der Waals surface area contributed by atoms with E-state index in [-0.39, 0.29) is 13.1 Å². The third-order valence-electron chi connectivity index (χ3n) is 0.293. The molecular weight excluding hydrogens is 96.0 g/mol. The second kappa shape index (κ2) is 5.17. The van der Waals surface area contributed by atoms with Crippen LogP contribution >= 0.6 is 0 Å². The van der Waals surface area contributed by atoms with Gasteiger partial charge in [0.1, 0.15) is 6.61 Å². The van der Waals surface area contributed by atoms with Gasteiger partial charge < -0.3 is 4.89 Å². The van der Waals surface area contributed by atoms with E-state index in [1.54, 1.807) is 0 Å². The lowest BCUT2D eigenvalue weighted by Gasteiger charge is -1.88. The summed E-state index contributed by atoms with van der Waals surface area (Å²) in [5, 5.41) is 0. The van der Waals surface area contributed by atoms with Gasteiger partial charge in [0, 0.05) is 0 Å². The molecule has 0 aromatic heterocycles. The number of carbonyl (C=O) groups excluding carboxylic acids is 1. The zero-order chi connectivity index (χ0) is 5.54. The largest absolute Gasteiger partial charge is 0.330 e. The molecule has 40 valence electrons. The Kier molecular flexibility index (Phi) is 4.56. The molecule has 0 spiro atoms. The molecule has 0 radical (unpaired) electrons. The summed E-state index contributed by atoms with van der Waals surface area (Å²) < 4.78 is 0. The molecule has 7 heavy (non-hydrogen) atoms. The molecular formula is C4H6O3. The Morgan fingerprint density at radius 2 is 2.43 bits per heavy atom. The molecule has 0 amide bonds. The van der Waals surface area contributed by atoms with Crippen molar-refractivity contribution in [3.8, 4) is 0 Å². The fourth-order valence-electron chi connectivity index (χ4n) is 0.115. The minimum Gasteiger partial charge on any atom is -0.301 e. The van der Waals surface area contributed by atoms with Gasteiger partial charge in [0.25, 0.3) is 0 Å². The Hall–Kier alpha value is -0.830. The van der Waals surface area contributed by atoms with Crippen LogP contribution in [0.5, 0.6) is 0 Å². The topological polar surface area (TPSA) is 35.5 Å². The number of hydrogen-bond acceptors (Lipinski definition) is 3. The SMILES string of the molecule is C=CCOOC=O. The Morgan fingerprint density at radius 1 is 1.71 bits per heavy atom. The predicted molar refractivity (Wildman–Crippen MR) is 23.3 cm³/mol. The summed E-state index contributed by atoms with van der Waals surface area (Å²) in [7, 11) is 0. The second-order valence-corrected chi connectivity index (χ2v) is 0.766. The second-order valence-electron chi connectivity index (χ2n) is 0.766. The van der Waals surface area contributed by atoms with E-state index in [0.717, 1.165) is 0 Å². The van der Waals surface area contributed by atoms with Gasteiger partial charge in [0.2, 0.25) is 0 Å². The first-order valence-corrected chi connectivity index (χ1v) is 1.74. The van der Waals surface area contributed by atoms with Gasteiger partial charge in [-0.1, -0.05) is 6.08 Å². The molecule has 0 atom stereocenters. The maximum Gasteiger partial charge on any atom is 0.330 e. The van der Waals surface area contributed by atoms with E-state index in [4.69, 9.17) is 0 Å². The Morgan fingerprint density at radius 3 is 2.86 bits per heavy atom. The monoisotopic (exact) mass is 102 g/mol. The van der Waals surface area contributed by atoms with Gasteiger partial charge in [-0.15, -0.1) is 6.58 Å². The average molecular weight is 102 g/mol. The number of rotatable bonds is 4. The Balaban J connectivity index is 2.68. The fourth-order valence-corrected chi connectivity index (χ4v) is 0.115. The summed E-state index contributed by atoms with van der Waals surface area (Å²) in [4.78, 5) is 17.3. The summed E-state index contributed by atoms with van der Waals surface area (Å²) in [6.45, 7) is 3.76. The highest BCUT2D eigenvalue weighted by molar-refractivity contribution is 5.35. The van der Waals surface area contributed by atoms with Crippen molar-refractivity contribution in [3.63, 3.8) is 0 Å². The molecule has 0 heterocycles. The standard InChI is InChI=1S/C4H6O3/c1-2-3-6-7-4-5/h2,4H,1,3H2. The smallest absolute Gasteiger partial charge is 0.301 e. The maximum atomic E-state index is 9.30. The van der Waals surface area contributed by atoms with Crippen LogP contribution in [0.25, 0.3) is 0 Å². The molecule has 0 saturated heterocycles. The molecule has 0 unspecified atom stereocenters. The van der Waals surface area contributed by atoms with E-state index < -0.39 is 0 Å². The summed E-state index contributed by atoms with van der Waals surface area (Å²) in [6.07, 6.45) is 1.48. The molecule has 0 fully saturated rings. The highest BCUT2D eigenvalue weighted by atomic mass is 17.2. The first-order valence-electron chi connectivity index (χ1n) is 1.74. The van der Waals surface area contributed by atoms with Crippen molar-refractivity contribution in [2.24, 2.45) is 0 Å². The van der Waals surface area contributed by atoms with Crippen LogP contribution in [0.4, 0.5) is 0 Å². The van der Waals surface area contributed by atoms with E-state index in [1.165, 1.54) is 6.08 Å². The molecule has 0 saturated carbocycles. The van der Waals surface area contributed by atoms with E-state index in [9.17, 15) is 4.79 Å². The normalized spacial score (nSPS) is 7.43. The van der Waals surface area contributed by atoms with Crippen molar-refractivity contribution in [1.82, 2.24) is 0 Å². The van der Waals surface area contributed by atoms with Crippen LogP contribution in [0.2, 0.25) is 0 Å². The summed E-state index contributed by atoms with van der Waals surface area (Å²) in [5.74, 6) is 0. The van der Waals surface area contributed by atoms with Gasteiger partial charge in [-0.05, 0) is 0 Å². The lowest BCUT2D eigenvalue weighted by molar-refractivity contribution is -0.251. The Bertz CT molecular complexity index is 52.0. The van der Waals surface area contributed by atoms with Crippen LogP contribution in [0, 0.1) is 0 Å². The van der Waals surface area contributed by atoms with Crippen molar-refractivity contribution in [1.29, 1.82) is 0 Å². The molecule has 0 rings (SSSR count). The third kappa shape index (κ3) is 5.17. The lowest BCUT2D eigenvalue weighted by atomic mass is 10.7. The van der Waals surface area contributed by atoms with Gasteiger partial charge in [0.05, 0.1) is 0 Å². The molecule has 3 heteroatoms. The van der Waals surface area contributed by atoms with Gasteiger partial charge in [-0.25, -0.2) is 0 Å². The van der Waals surface area contributed by atoms with Crippen LogP contribution in [-0.4, -0.2) is 13.1 Å². The molecule has 0 bridgehead atoms. The van der Waals surface area contributed by atoms with Gasteiger partial charge in [-0.3, -0.25) is 4.79 Å². The minimum absolute atomic E-state index is 0.212. The fraction of sp³-hybridized carbons (Fsp3) is 0.250. The Labute approximate surface area is 41.5 Å².